The molecule has 2 aliphatic heterocycles. The van der Waals surface area contributed by atoms with Crippen molar-refractivity contribution in [3.63, 3.8) is 0 Å². The van der Waals surface area contributed by atoms with Gasteiger partial charge in [0.05, 0.1) is 0 Å². The predicted octanol–water partition coefficient (Wildman–Crippen LogP) is 3.29. The van der Waals surface area contributed by atoms with Crippen LogP contribution in [0.4, 0.5) is 5.69 Å². The number of thiophene rings is 1. The van der Waals surface area contributed by atoms with Gasteiger partial charge in [-0.2, -0.15) is 0 Å². The third kappa shape index (κ3) is 4.72. The highest BCUT2D eigenvalue weighted by molar-refractivity contribution is 7.09. The lowest BCUT2D eigenvalue weighted by Crippen LogP contribution is -2.57. The van der Waals surface area contributed by atoms with Gasteiger partial charge in [-0.25, -0.2) is 0 Å². The summed E-state index contributed by atoms with van der Waals surface area (Å²) in [7, 11) is 0. The molecule has 1 aromatic carbocycles. The van der Waals surface area contributed by atoms with E-state index in [0.29, 0.717) is 12.1 Å². The molecule has 0 aliphatic carbocycles. The summed E-state index contributed by atoms with van der Waals surface area (Å²) in [6.07, 6.45) is 3.36. The molecular formula is C22H31N3OS. The first-order valence-corrected chi connectivity index (χ1v) is 11.1. The summed E-state index contributed by atoms with van der Waals surface area (Å²) < 4.78 is 0. The van der Waals surface area contributed by atoms with E-state index in [1.54, 1.807) is 0 Å². The van der Waals surface area contributed by atoms with E-state index in [-0.39, 0.29) is 6.61 Å². The van der Waals surface area contributed by atoms with Crippen molar-refractivity contribution in [1.29, 1.82) is 0 Å². The number of aliphatic hydroxyl groups is 1. The molecule has 3 heterocycles. The average molecular weight is 386 g/mol. The molecule has 146 valence electrons. The van der Waals surface area contributed by atoms with E-state index in [1.165, 1.54) is 23.4 Å². The van der Waals surface area contributed by atoms with Gasteiger partial charge in [-0.1, -0.05) is 24.3 Å². The van der Waals surface area contributed by atoms with Gasteiger partial charge in [-0.3, -0.25) is 9.80 Å². The lowest BCUT2D eigenvalue weighted by Gasteiger charge is -2.46. The number of hydrogen-bond donors (Lipinski definition) is 1. The second-order valence-electron chi connectivity index (χ2n) is 7.76. The molecule has 4 rings (SSSR count). The van der Waals surface area contributed by atoms with Crippen LogP contribution in [-0.4, -0.2) is 66.3 Å². The van der Waals surface area contributed by atoms with E-state index in [1.807, 2.05) is 11.3 Å². The fraction of sp³-hybridized carbons (Fsp3) is 0.545. The molecule has 1 atom stereocenters. The van der Waals surface area contributed by atoms with Gasteiger partial charge in [0.1, 0.15) is 0 Å². The molecule has 0 unspecified atom stereocenters. The third-order valence-electron chi connectivity index (χ3n) is 6.14. The molecule has 2 aromatic rings. The summed E-state index contributed by atoms with van der Waals surface area (Å²) in [5.41, 5.74) is 1.36. The van der Waals surface area contributed by atoms with Gasteiger partial charge in [0.2, 0.25) is 0 Å². The normalized spacial score (nSPS) is 23.0. The highest BCUT2D eigenvalue weighted by Gasteiger charge is 2.32. The van der Waals surface area contributed by atoms with Crippen molar-refractivity contribution in [2.24, 2.45) is 0 Å². The number of benzene rings is 1. The molecule has 1 aromatic heterocycles. The fourth-order valence-corrected chi connectivity index (χ4v) is 5.34. The van der Waals surface area contributed by atoms with E-state index < -0.39 is 0 Å². The Hall–Kier alpha value is -1.40. The summed E-state index contributed by atoms with van der Waals surface area (Å²) in [6.45, 7) is 6.98. The van der Waals surface area contributed by atoms with E-state index in [0.717, 1.165) is 45.7 Å². The summed E-state index contributed by atoms with van der Waals surface area (Å²) in [4.78, 5) is 9.24. The first kappa shape index (κ1) is 18.9. The number of rotatable bonds is 6. The maximum Gasteiger partial charge on any atom is 0.0446 e. The lowest BCUT2D eigenvalue weighted by atomic mass is 9.99. The quantitative estimate of drug-likeness (QED) is 0.826. The number of hydrogen-bond acceptors (Lipinski definition) is 5. The Morgan fingerprint density at radius 3 is 2.48 bits per heavy atom. The first-order valence-electron chi connectivity index (χ1n) is 10.2. The maximum atomic E-state index is 9.57. The monoisotopic (exact) mass is 385 g/mol. The highest BCUT2D eigenvalue weighted by Crippen LogP contribution is 2.26. The summed E-state index contributed by atoms with van der Waals surface area (Å²) in [5, 5.41) is 11.7. The minimum Gasteiger partial charge on any atom is -0.396 e. The molecule has 0 spiro atoms. The molecule has 0 amide bonds. The predicted molar refractivity (Wildman–Crippen MR) is 113 cm³/mol. The van der Waals surface area contributed by atoms with Crippen LogP contribution in [0.5, 0.6) is 0 Å². The van der Waals surface area contributed by atoms with E-state index >= 15 is 0 Å². The zero-order valence-electron chi connectivity index (χ0n) is 16.0. The largest absolute Gasteiger partial charge is 0.396 e. The number of aliphatic hydroxyl groups excluding tert-OH is 1. The molecule has 2 fully saturated rings. The molecule has 0 saturated carbocycles. The zero-order valence-corrected chi connectivity index (χ0v) is 16.9. The Morgan fingerprint density at radius 1 is 0.963 bits per heavy atom. The van der Waals surface area contributed by atoms with Crippen LogP contribution in [0, 0.1) is 0 Å². The number of anilines is 1. The average Bonchev–Trinajstić information content (AvgIpc) is 3.23. The SMILES string of the molecule is OCC[C@@H]1CN(C2CCN(c3ccccc3)CC2)CCN1Cc1cccs1. The standard InChI is InChI=1S/C22H31N3OS/c26-15-10-21-17-24(13-14-25(21)18-22-7-4-16-27-22)20-8-11-23(12-9-20)19-5-2-1-3-6-19/h1-7,16,20-21,26H,8-15,17-18H2/t21-/m1/s1. The first-order chi connectivity index (χ1) is 13.3. The van der Waals surface area contributed by atoms with Crippen molar-refractivity contribution in [3.05, 3.63) is 52.7 Å². The molecule has 1 N–H and O–H groups in total. The van der Waals surface area contributed by atoms with Crippen LogP contribution in [0.1, 0.15) is 24.1 Å². The van der Waals surface area contributed by atoms with Crippen LogP contribution in [0.3, 0.4) is 0 Å². The number of piperidine rings is 1. The van der Waals surface area contributed by atoms with E-state index in [4.69, 9.17) is 0 Å². The minimum absolute atomic E-state index is 0.284. The summed E-state index contributed by atoms with van der Waals surface area (Å²) in [5.74, 6) is 0. The molecule has 2 aliphatic rings. The number of nitrogens with zero attached hydrogens (tertiary/aromatic N) is 3. The molecule has 5 heteroatoms. The molecule has 2 saturated heterocycles. The van der Waals surface area contributed by atoms with Crippen LogP contribution in [0.15, 0.2) is 47.8 Å². The fourth-order valence-electron chi connectivity index (χ4n) is 4.61. The van der Waals surface area contributed by atoms with Crippen molar-refractivity contribution in [3.8, 4) is 0 Å². The van der Waals surface area contributed by atoms with Crippen molar-refractivity contribution < 1.29 is 5.11 Å². The van der Waals surface area contributed by atoms with Crippen LogP contribution >= 0.6 is 11.3 Å². The second kappa shape index (κ2) is 9.20. The van der Waals surface area contributed by atoms with Crippen molar-refractivity contribution in [1.82, 2.24) is 9.80 Å². The smallest absolute Gasteiger partial charge is 0.0446 e. The molecular weight excluding hydrogens is 354 g/mol. The molecule has 27 heavy (non-hydrogen) atoms. The minimum atomic E-state index is 0.284. The van der Waals surface area contributed by atoms with Crippen LogP contribution < -0.4 is 4.90 Å². The van der Waals surface area contributed by atoms with Crippen LogP contribution in [0.25, 0.3) is 0 Å². The second-order valence-corrected chi connectivity index (χ2v) is 8.80. The Bertz CT molecular complexity index is 670. The van der Waals surface area contributed by atoms with Gasteiger partial charge in [0.15, 0.2) is 0 Å². The number of piperazine rings is 1. The third-order valence-corrected chi connectivity index (χ3v) is 7.00. The Balaban J connectivity index is 1.32. The van der Waals surface area contributed by atoms with Gasteiger partial charge >= 0.3 is 0 Å². The number of para-hydroxylation sites is 1. The Morgan fingerprint density at radius 2 is 1.78 bits per heavy atom. The van der Waals surface area contributed by atoms with Gasteiger partial charge in [0.25, 0.3) is 0 Å². The van der Waals surface area contributed by atoms with Crippen molar-refractivity contribution in [2.75, 3.05) is 44.2 Å². The Kier molecular flexibility index (Phi) is 6.45. The van der Waals surface area contributed by atoms with Gasteiger partial charge in [-0.05, 0) is 42.8 Å². The van der Waals surface area contributed by atoms with E-state index in [9.17, 15) is 5.11 Å². The van der Waals surface area contributed by atoms with Crippen LogP contribution in [-0.2, 0) is 6.54 Å². The van der Waals surface area contributed by atoms with Gasteiger partial charge in [-0.15, -0.1) is 11.3 Å². The zero-order chi connectivity index (χ0) is 18.5. The maximum absolute atomic E-state index is 9.57. The molecule has 0 bridgehead atoms. The topological polar surface area (TPSA) is 30.0 Å². The Labute approximate surface area is 167 Å². The highest BCUT2D eigenvalue weighted by atomic mass is 32.1. The van der Waals surface area contributed by atoms with Crippen LogP contribution in [0.2, 0.25) is 0 Å². The van der Waals surface area contributed by atoms with E-state index in [2.05, 4.69) is 62.5 Å². The molecule has 0 radical (unpaired) electrons. The van der Waals surface area contributed by atoms with Gasteiger partial charge < -0.3 is 10.0 Å². The van der Waals surface area contributed by atoms with Crippen molar-refractivity contribution >= 4 is 17.0 Å². The lowest BCUT2D eigenvalue weighted by molar-refractivity contribution is 0.0260. The summed E-state index contributed by atoms with van der Waals surface area (Å²) >= 11 is 1.84. The van der Waals surface area contributed by atoms with Gasteiger partial charge in [0, 0.05) is 68.5 Å². The molecule has 4 nitrogen and oxygen atoms in total. The summed E-state index contributed by atoms with van der Waals surface area (Å²) in [6, 6.07) is 16.3. The van der Waals surface area contributed by atoms with Crippen molar-refractivity contribution in [2.45, 2.75) is 37.9 Å².